The molecule has 2 aromatic rings. The number of pyridine rings is 1. The Morgan fingerprint density at radius 1 is 1.50 bits per heavy atom. The summed E-state index contributed by atoms with van der Waals surface area (Å²) in [4.78, 5) is 20.1. The standard InChI is InChI=1S/C13H14N2O2S/c1-3-9-7-14-5-4-10(9)13-15-8(2)11(18-13)6-12(16)17/h4-5,7H,3,6H2,1-2H3,(H,16,17). The van der Waals surface area contributed by atoms with Gasteiger partial charge in [0.15, 0.2) is 0 Å². The van der Waals surface area contributed by atoms with Gasteiger partial charge < -0.3 is 5.11 Å². The van der Waals surface area contributed by atoms with Crippen LogP contribution in [0.25, 0.3) is 10.6 Å². The summed E-state index contributed by atoms with van der Waals surface area (Å²) in [6, 6.07) is 1.93. The van der Waals surface area contributed by atoms with Crippen molar-refractivity contribution in [2.45, 2.75) is 26.7 Å². The van der Waals surface area contributed by atoms with E-state index in [9.17, 15) is 4.79 Å². The lowest BCUT2D eigenvalue weighted by Gasteiger charge is -2.02. The number of aryl methyl sites for hydroxylation is 2. The monoisotopic (exact) mass is 262 g/mol. The zero-order valence-corrected chi connectivity index (χ0v) is 11.1. The van der Waals surface area contributed by atoms with Gasteiger partial charge in [-0.05, 0) is 25.0 Å². The molecule has 94 valence electrons. The second-order valence-electron chi connectivity index (χ2n) is 3.98. The zero-order chi connectivity index (χ0) is 13.1. The first kappa shape index (κ1) is 12.7. The Morgan fingerprint density at radius 2 is 2.28 bits per heavy atom. The number of aliphatic carboxylic acids is 1. The summed E-state index contributed by atoms with van der Waals surface area (Å²) >= 11 is 1.45. The van der Waals surface area contributed by atoms with Gasteiger partial charge in [-0.3, -0.25) is 9.78 Å². The largest absolute Gasteiger partial charge is 0.481 e. The van der Waals surface area contributed by atoms with Crippen LogP contribution in [-0.2, 0) is 17.6 Å². The Bertz CT molecular complexity index is 578. The average Bonchev–Trinajstić information content (AvgIpc) is 2.70. The molecule has 2 heterocycles. The van der Waals surface area contributed by atoms with Gasteiger partial charge in [-0.1, -0.05) is 6.92 Å². The number of thiazole rings is 1. The van der Waals surface area contributed by atoms with Crippen LogP contribution in [0.1, 0.15) is 23.1 Å². The first-order valence-electron chi connectivity index (χ1n) is 5.73. The summed E-state index contributed by atoms with van der Waals surface area (Å²) in [5, 5.41) is 9.72. The summed E-state index contributed by atoms with van der Waals surface area (Å²) < 4.78 is 0. The lowest BCUT2D eigenvalue weighted by Crippen LogP contribution is -1.99. The molecule has 4 nitrogen and oxygen atoms in total. The van der Waals surface area contributed by atoms with E-state index >= 15 is 0 Å². The highest BCUT2D eigenvalue weighted by Gasteiger charge is 2.14. The summed E-state index contributed by atoms with van der Waals surface area (Å²) in [6.45, 7) is 3.92. The fourth-order valence-electron chi connectivity index (χ4n) is 1.76. The maximum absolute atomic E-state index is 10.8. The lowest BCUT2D eigenvalue weighted by molar-refractivity contribution is -0.136. The molecule has 0 aliphatic rings. The van der Waals surface area contributed by atoms with Crippen molar-refractivity contribution in [3.63, 3.8) is 0 Å². The van der Waals surface area contributed by atoms with Gasteiger partial charge in [-0.15, -0.1) is 11.3 Å². The highest BCUT2D eigenvalue weighted by molar-refractivity contribution is 7.15. The first-order valence-corrected chi connectivity index (χ1v) is 6.54. The predicted octanol–water partition coefficient (Wildman–Crippen LogP) is 2.70. The molecule has 0 spiro atoms. The molecule has 0 saturated heterocycles. The summed E-state index contributed by atoms with van der Waals surface area (Å²) in [7, 11) is 0. The van der Waals surface area contributed by atoms with Crippen LogP contribution in [0.3, 0.4) is 0 Å². The SMILES string of the molecule is CCc1cnccc1-c1nc(C)c(CC(=O)O)s1. The van der Waals surface area contributed by atoms with Gasteiger partial charge in [0.2, 0.25) is 0 Å². The third kappa shape index (κ3) is 2.56. The third-order valence-corrected chi connectivity index (χ3v) is 3.91. The molecule has 2 aromatic heterocycles. The second-order valence-corrected chi connectivity index (χ2v) is 5.07. The molecule has 5 heteroatoms. The summed E-state index contributed by atoms with van der Waals surface area (Å²) in [5.74, 6) is -0.821. The Balaban J connectivity index is 2.42. The number of carbonyl (C=O) groups is 1. The van der Waals surface area contributed by atoms with Crippen LogP contribution in [0.4, 0.5) is 0 Å². The molecule has 0 saturated carbocycles. The summed E-state index contributed by atoms with van der Waals surface area (Å²) in [6.07, 6.45) is 4.50. The molecule has 0 aliphatic carbocycles. The van der Waals surface area contributed by atoms with Crippen LogP contribution in [0.15, 0.2) is 18.5 Å². The number of rotatable bonds is 4. The van der Waals surface area contributed by atoms with Crippen LogP contribution in [0, 0.1) is 6.92 Å². The van der Waals surface area contributed by atoms with Crippen molar-refractivity contribution in [2.24, 2.45) is 0 Å². The van der Waals surface area contributed by atoms with Crippen molar-refractivity contribution >= 4 is 17.3 Å². The van der Waals surface area contributed by atoms with E-state index in [1.54, 1.807) is 6.20 Å². The molecular weight excluding hydrogens is 248 g/mol. The smallest absolute Gasteiger partial charge is 0.308 e. The molecule has 0 bridgehead atoms. The number of nitrogens with zero attached hydrogens (tertiary/aromatic N) is 2. The topological polar surface area (TPSA) is 63.1 Å². The van der Waals surface area contributed by atoms with E-state index in [2.05, 4.69) is 16.9 Å². The normalized spacial score (nSPS) is 10.6. The first-order chi connectivity index (χ1) is 8.61. The molecule has 0 radical (unpaired) electrons. The van der Waals surface area contributed by atoms with Crippen molar-refractivity contribution < 1.29 is 9.90 Å². The van der Waals surface area contributed by atoms with Crippen molar-refractivity contribution in [3.8, 4) is 10.6 Å². The Morgan fingerprint density at radius 3 is 2.94 bits per heavy atom. The third-order valence-electron chi connectivity index (χ3n) is 2.72. The van der Waals surface area contributed by atoms with Gasteiger partial charge in [0, 0.05) is 22.8 Å². The summed E-state index contributed by atoms with van der Waals surface area (Å²) in [5.41, 5.74) is 2.99. The Hall–Kier alpha value is -1.75. The van der Waals surface area contributed by atoms with Gasteiger partial charge in [-0.25, -0.2) is 4.98 Å². The zero-order valence-electron chi connectivity index (χ0n) is 10.3. The molecule has 18 heavy (non-hydrogen) atoms. The van der Waals surface area contributed by atoms with Crippen LogP contribution in [-0.4, -0.2) is 21.0 Å². The molecule has 0 unspecified atom stereocenters. The van der Waals surface area contributed by atoms with E-state index in [-0.39, 0.29) is 6.42 Å². The van der Waals surface area contributed by atoms with Crippen molar-refractivity contribution in [1.29, 1.82) is 0 Å². The molecule has 0 aromatic carbocycles. The van der Waals surface area contributed by atoms with Crippen LogP contribution < -0.4 is 0 Å². The van der Waals surface area contributed by atoms with Gasteiger partial charge in [-0.2, -0.15) is 0 Å². The number of aromatic nitrogens is 2. The highest BCUT2D eigenvalue weighted by Crippen LogP contribution is 2.30. The molecule has 2 rings (SSSR count). The van der Waals surface area contributed by atoms with Gasteiger partial charge in [0.1, 0.15) is 5.01 Å². The molecule has 0 atom stereocenters. The van der Waals surface area contributed by atoms with Gasteiger partial charge in [0.25, 0.3) is 0 Å². The van der Waals surface area contributed by atoms with E-state index < -0.39 is 5.97 Å². The molecule has 0 amide bonds. The van der Waals surface area contributed by atoms with Crippen LogP contribution in [0.2, 0.25) is 0 Å². The fraction of sp³-hybridized carbons (Fsp3) is 0.308. The minimum atomic E-state index is -0.821. The van der Waals surface area contributed by atoms with Crippen molar-refractivity contribution in [1.82, 2.24) is 9.97 Å². The van der Waals surface area contributed by atoms with Crippen molar-refractivity contribution in [3.05, 3.63) is 34.6 Å². The Kier molecular flexibility index (Phi) is 3.72. The van der Waals surface area contributed by atoms with E-state index in [0.717, 1.165) is 33.1 Å². The van der Waals surface area contributed by atoms with Crippen molar-refractivity contribution in [2.75, 3.05) is 0 Å². The minimum absolute atomic E-state index is 0.0377. The maximum atomic E-state index is 10.8. The number of carboxylic acids is 1. The van der Waals surface area contributed by atoms with E-state index in [4.69, 9.17) is 5.11 Å². The number of carboxylic acid groups (broad SMARTS) is 1. The van der Waals surface area contributed by atoms with Crippen LogP contribution in [0.5, 0.6) is 0 Å². The van der Waals surface area contributed by atoms with Crippen LogP contribution >= 0.6 is 11.3 Å². The molecule has 1 N–H and O–H groups in total. The number of hydrogen-bond donors (Lipinski definition) is 1. The molecule has 0 aliphatic heterocycles. The lowest BCUT2D eigenvalue weighted by atomic mass is 10.1. The quantitative estimate of drug-likeness (QED) is 0.920. The van der Waals surface area contributed by atoms with Gasteiger partial charge in [0.05, 0.1) is 12.1 Å². The predicted molar refractivity (Wildman–Crippen MR) is 70.8 cm³/mol. The fourth-order valence-corrected chi connectivity index (χ4v) is 2.88. The average molecular weight is 262 g/mol. The minimum Gasteiger partial charge on any atom is -0.481 e. The number of hydrogen-bond acceptors (Lipinski definition) is 4. The highest BCUT2D eigenvalue weighted by atomic mass is 32.1. The second kappa shape index (κ2) is 5.27. The molecule has 0 fully saturated rings. The maximum Gasteiger partial charge on any atom is 0.308 e. The van der Waals surface area contributed by atoms with Gasteiger partial charge >= 0.3 is 5.97 Å². The molecular formula is C13H14N2O2S. The van der Waals surface area contributed by atoms with E-state index in [1.165, 1.54) is 11.3 Å². The van der Waals surface area contributed by atoms with E-state index in [0.29, 0.717) is 0 Å². The van der Waals surface area contributed by atoms with E-state index in [1.807, 2.05) is 19.2 Å². The Labute approximate surface area is 109 Å².